The number of esters is 2. The Labute approximate surface area is 259 Å². The average Bonchev–Trinajstić information content (AvgIpc) is 3.43. The van der Waals surface area contributed by atoms with Gasteiger partial charge in [0, 0.05) is 25.3 Å². The van der Waals surface area contributed by atoms with Crippen molar-refractivity contribution in [1.29, 1.82) is 0 Å². The number of hydrogen-bond donors (Lipinski definition) is 1. The van der Waals surface area contributed by atoms with Gasteiger partial charge in [-0.15, -0.1) is 11.3 Å². The lowest BCUT2D eigenvalue weighted by molar-refractivity contribution is -0.384. The van der Waals surface area contributed by atoms with Gasteiger partial charge in [0.05, 0.1) is 40.5 Å². The minimum atomic E-state index is -4.35. The molecule has 18 heteroatoms. The number of carbonyl (C=O) groups is 4. The predicted octanol–water partition coefficient (Wildman–Crippen LogP) is 2.85. The Balaban J connectivity index is 1.84. The van der Waals surface area contributed by atoms with Crippen molar-refractivity contribution in [3.8, 4) is 0 Å². The Hall–Kier alpha value is -4.00. The quantitative estimate of drug-likeness (QED) is 0.114. The SMILES string of the molecule is CCOCCn1c(=NC(=O)CS(=O)(=O)CC(=O)Nc2sc(C(=O)OCC)c(C)c2C(=O)OCC)sc2cc([N+](=O)[O-])ccc21. The molecule has 3 aromatic rings. The van der Waals surface area contributed by atoms with Gasteiger partial charge in [-0.05, 0) is 39.3 Å². The lowest BCUT2D eigenvalue weighted by Gasteiger charge is -2.07. The van der Waals surface area contributed by atoms with Crippen LogP contribution in [0.25, 0.3) is 10.2 Å². The van der Waals surface area contributed by atoms with Crippen molar-refractivity contribution in [1.82, 2.24) is 4.57 Å². The second kappa shape index (κ2) is 15.1. The summed E-state index contributed by atoms with van der Waals surface area (Å²) < 4.78 is 43.0. The summed E-state index contributed by atoms with van der Waals surface area (Å²) in [6.07, 6.45) is 0. The molecule has 0 spiro atoms. The molecule has 44 heavy (non-hydrogen) atoms. The fraction of sp³-hybridized carbons (Fsp3) is 0.423. The van der Waals surface area contributed by atoms with Crippen LogP contribution in [0.4, 0.5) is 10.7 Å². The molecule has 0 atom stereocenters. The highest BCUT2D eigenvalue weighted by atomic mass is 32.2. The standard InChI is InChI=1S/C26H30N4O11S3/c1-5-39-11-10-29-17-9-8-16(30(35)36)12-18(17)42-26(29)28-20(32)14-44(37,38)13-19(31)27-23-21(24(33)40-6-2)15(4)22(43-23)25(34)41-7-3/h8-9,12H,5-7,10-11,13-14H2,1-4H3,(H,27,31). The van der Waals surface area contributed by atoms with Gasteiger partial charge in [0.1, 0.15) is 21.4 Å². The Kier molecular flexibility index (Phi) is 11.9. The third-order valence-corrected chi connectivity index (χ3v) is 9.41. The Morgan fingerprint density at radius 3 is 2.34 bits per heavy atom. The first-order valence-electron chi connectivity index (χ1n) is 13.2. The van der Waals surface area contributed by atoms with E-state index >= 15 is 0 Å². The van der Waals surface area contributed by atoms with Crippen molar-refractivity contribution >= 4 is 77.2 Å². The highest BCUT2D eigenvalue weighted by Gasteiger charge is 2.29. The first-order valence-corrected chi connectivity index (χ1v) is 16.7. The maximum atomic E-state index is 12.8. The predicted molar refractivity (Wildman–Crippen MR) is 162 cm³/mol. The molecule has 0 aliphatic carbocycles. The molecule has 0 radical (unpaired) electrons. The van der Waals surface area contributed by atoms with Crippen molar-refractivity contribution in [3.63, 3.8) is 0 Å². The highest BCUT2D eigenvalue weighted by molar-refractivity contribution is 7.92. The topological polar surface area (TPSA) is 203 Å². The van der Waals surface area contributed by atoms with Crippen LogP contribution in [0.15, 0.2) is 23.2 Å². The van der Waals surface area contributed by atoms with Crippen molar-refractivity contribution in [2.45, 2.75) is 34.2 Å². The van der Waals surface area contributed by atoms with E-state index in [1.54, 1.807) is 25.3 Å². The van der Waals surface area contributed by atoms with Crippen molar-refractivity contribution < 1.29 is 46.7 Å². The zero-order valence-corrected chi connectivity index (χ0v) is 26.7. The molecule has 0 bridgehead atoms. The Morgan fingerprint density at radius 1 is 1.02 bits per heavy atom. The molecule has 1 N–H and O–H groups in total. The van der Waals surface area contributed by atoms with Crippen LogP contribution in [0.5, 0.6) is 0 Å². The van der Waals surface area contributed by atoms with Crippen molar-refractivity contribution in [2.24, 2.45) is 4.99 Å². The van der Waals surface area contributed by atoms with Crippen LogP contribution in [0.2, 0.25) is 0 Å². The molecule has 15 nitrogen and oxygen atoms in total. The maximum absolute atomic E-state index is 12.8. The summed E-state index contributed by atoms with van der Waals surface area (Å²) in [5.74, 6) is -5.90. The first kappa shape index (κ1) is 34.5. The average molecular weight is 671 g/mol. The maximum Gasteiger partial charge on any atom is 0.348 e. The molecule has 3 rings (SSSR count). The van der Waals surface area contributed by atoms with Gasteiger partial charge in [-0.3, -0.25) is 19.7 Å². The van der Waals surface area contributed by atoms with Crippen LogP contribution in [0.3, 0.4) is 0 Å². The van der Waals surface area contributed by atoms with Gasteiger partial charge in [-0.1, -0.05) is 11.3 Å². The molecule has 0 saturated carbocycles. The second-order valence-electron chi connectivity index (χ2n) is 8.93. The fourth-order valence-corrected chi connectivity index (χ4v) is 7.19. The zero-order valence-electron chi connectivity index (χ0n) is 24.2. The molecule has 0 unspecified atom stereocenters. The number of ether oxygens (including phenoxy) is 3. The minimum absolute atomic E-state index is 0.0125. The van der Waals surface area contributed by atoms with E-state index in [9.17, 15) is 37.7 Å². The summed E-state index contributed by atoms with van der Waals surface area (Å²) in [5.41, 5.74) is 0.465. The number of nitrogens with one attached hydrogen (secondary N) is 1. The number of amides is 2. The van der Waals surface area contributed by atoms with E-state index in [1.807, 2.05) is 0 Å². The molecule has 2 amide bonds. The number of nitro groups is 1. The number of nitro benzene ring substituents is 1. The van der Waals surface area contributed by atoms with Gasteiger partial charge in [0.25, 0.3) is 11.6 Å². The summed E-state index contributed by atoms with van der Waals surface area (Å²) in [7, 11) is -4.35. The van der Waals surface area contributed by atoms with Gasteiger partial charge >= 0.3 is 11.9 Å². The number of non-ortho nitro benzene ring substituents is 1. The summed E-state index contributed by atoms with van der Waals surface area (Å²) in [5, 5.41) is 13.4. The molecule has 0 saturated heterocycles. The van der Waals surface area contributed by atoms with Crippen LogP contribution in [-0.4, -0.2) is 79.6 Å². The normalized spacial score (nSPS) is 11.9. The van der Waals surface area contributed by atoms with E-state index in [0.29, 0.717) is 16.8 Å². The molecular formula is C26H30N4O11S3. The van der Waals surface area contributed by atoms with E-state index in [1.165, 1.54) is 25.1 Å². The van der Waals surface area contributed by atoms with Gasteiger partial charge in [-0.2, -0.15) is 4.99 Å². The Bertz CT molecular complexity index is 1770. The van der Waals surface area contributed by atoms with E-state index in [4.69, 9.17) is 14.2 Å². The van der Waals surface area contributed by atoms with E-state index in [-0.39, 0.29) is 57.9 Å². The molecular weight excluding hydrogens is 641 g/mol. The zero-order chi connectivity index (χ0) is 32.6. The van der Waals surface area contributed by atoms with Gasteiger partial charge in [-0.25, -0.2) is 18.0 Å². The number of fused-ring (bicyclic) bond motifs is 1. The van der Waals surface area contributed by atoms with Crippen LogP contribution in [0.1, 0.15) is 46.4 Å². The highest BCUT2D eigenvalue weighted by Crippen LogP contribution is 2.34. The van der Waals surface area contributed by atoms with Gasteiger partial charge in [0.15, 0.2) is 14.6 Å². The number of anilines is 1. The molecule has 0 aliphatic heterocycles. The van der Waals surface area contributed by atoms with E-state index < -0.39 is 50.0 Å². The van der Waals surface area contributed by atoms with Crippen molar-refractivity contribution in [3.05, 3.63) is 49.1 Å². The van der Waals surface area contributed by atoms with Gasteiger partial charge < -0.3 is 24.1 Å². The van der Waals surface area contributed by atoms with Crippen molar-refractivity contribution in [2.75, 3.05) is 43.3 Å². The number of aromatic nitrogens is 1. The molecule has 238 valence electrons. The number of thiazole rings is 1. The lowest BCUT2D eigenvalue weighted by atomic mass is 10.1. The minimum Gasteiger partial charge on any atom is -0.462 e. The van der Waals surface area contributed by atoms with Crippen LogP contribution in [-0.2, 0) is 40.2 Å². The van der Waals surface area contributed by atoms with E-state index in [2.05, 4.69) is 10.3 Å². The number of benzene rings is 1. The number of thiophene rings is 1. The lowest BCUT2D eigenvalue weighted by Crippen LogP contribution is -2.28. The second-order valence-corrected chi connectivity index (χ2v) is 13.0. The first-order chi connectivity index (χ1) is 20.8. The number of hydrogen-bond acceptors (Lipinski definition) is 13. The monoisotopic (exact) mass is 670 g/mol. The summed E-state index contributed by atoms with van der Waals surface area (Å²) >= 11 is 1.69. The molecule has 0 fully saturated rings. The smallest absolute Gasteiger partial charge is 0.348 e. The fourth-order valence-electron chi connectivity index (χ4n) is 3.96. The third kappa shape index (κ3) is 8.55. The molecule has 2 heterocycles. The number of nitrogens with zero attached hydrogens (tertiary/aromatic N) is 3. The Morgan fingerprint density at radius 2 is 1.70 bits per heavy atom. The molecule has 2 aromatic heterocycles. The van der Waals surface area contributed by atoms with Gasteiger partial charge in [0.2, 0.25) is 5.91 Å². The third-order valence-electron chi connectivity index (χ3n) is 5.80. The number of rotatable bonds is 14. The number of carbonyl (C=O) groups excluding carboxylic acids is 4. The van der Waals surface area contributed by atoms with Crippen LogP contribution >= 0.6 is 22.7 Å². The summed E-state index contributed by atoms with van der Waals surface area (Å²) in [6, 6.07) is 4.13. The molecule has 0 aliphatic rings. The van der Waals surface area contributed by atoms with Crippen LogP contribution < -0.4 is 10.1 Å². The van der Waals surface area contributed by atoms with E-state index in [0.717, 1.165) is 22.7 Å². The number of sulfone groups is 1. The van der Waals surface area contributed by atoms with Crippen LogP contribution in [0, 0.1) is 17.0 Å². The summed E-state index contributed by atoms with van der Waals surface area (Å²) in [4.78, 5) is 65.1. The molecule has 1 aromatic carbocycles. The summed E-state index contributed by atoms with van der Waals surface area (Å²) in [6.45, 7) is 7.42. The largest absolute Gasteiger partial charge is 0.462 e.